The number of nitrogens with one attached hydrogen (secondary N) is 1. The Morgan fingerprint density at radius 2 is 1.71 bits per heavy atom. The van der Waals surface area contributed by atoms with Gasteiger partial charge in [-0.3, -0.25) is 4.90 Å². The van der Waals surface area contributed by atoms with Gasteiger partial charge < -0.3 is 5.32 Å². The van der Waals surface area contributed by atoms with Gasteiger partial charge in [0.15, 0.2) is 5.65 Å². The van der Waals surface area contributed by atoms with Gasteiger partial charge in [-0.15, -0.1) is 0 Å². The molecule has 5 aromatic rings. The standard InChI is InChI=1S/C31H29BrClN5/c32-27-19-35-38-30(17-29(36-31(27)38)26-10-4-5-11-28(26)33)34-18-23-7-6-16-37(21-23)20-22-12-14-25(15-13-22)24-8-2-1-3-9-24/h1-5,8-15,17,19,23,34H,6-7,16,18,20-21H2. The van der Waals surface area contributed by atoms with Crippen LogP contribution in [0.25, 0.3) is 28.0 Å². The average Bonchev–Trinajstić information content (AvgIpc) is 3.33. The van der Waals surface area contributed by atoms with Crippen LogP contribution in [0.5, 0.6) is 0 Å². The number of hydrogen-bond acceptors (Lipinski definition) is 4. The quantitative estimate of drug-likeness (QED) is 0.211. The largest absolute Gasteiger partial charge is 0.370 e. The molecule has 38 heavy (non-hydrogen) atoms. The van der Waals surface area contributed by atoms with Crippen LogP contribution in [0.3, 0.4) is 0 Å². The first-order valence-electron chi connectivity index (χ1n) is 13.0. The third-order valence-corrected chi connectivity index (χ3v) is 8.11. The highest BCUT2D eigenvalue weighted by molar-refractivity contribution is 9.10. The normalized spacial score (nSPS) is 16.1. The summed E-state index contributed by atoms with van der Waals surface area (Å²) >= 11 is 10.1. The summed E-state index contributed by atoms with van der Waals surface area (Å²) in [6.45, 7) is 4.07. The minimum atomic E-state index is 0.554. The number of piperidine rings is 1. The molecule has 5 nitrogen and oxygen atoms in total. The van der Waals surface area contributed by atoms with Gasteiger partial charge in [-0.1, -0.05) is 84.4 Å². The van der Waals surface area contributed by atoms with Gasteiger partial charge in [0.1, 0.15) is 5.82 Å². The molecule has 0 aliphatic carbocycles. The van der Waals surface area contributed by atoms with E-state index in [-0.39, 0.29) is 0 Å². The highest BCUT2D eigenvalue weighted by atomic mass is 79.9. The summed E-state index contributed by atoms with van der Waals surface area (Å²) in [5, 5.41) is 8.91. The van der Waals surface area contributed by atoms with Crippen LogP contribution < -0.4 is 5.32 Å². The summed E-state index contributed by atoms with van der Waals surface area (Å²) in [6, 6.07) is 29.4. The molecule has 3 heterocycles. The predicted molar refractivity (Wildman–Crippen MR) is 160 cm³/mol. The number of anilines is 1. The molecule has 0 saturated carbocycles. The molecule has 0 bridgehead atoms. The fraction of sp³-hybridized carbons (Fsp3) is 0.226. The highest BCUT2D eigenvalue weighted by Gasteiger charge is 2.21. The fourth-order valence-electron chi connectivity index (χ4n) is 5.27. The van der Waals surface area contributed by atoms with Gasteiger partial charge in [-0.25, -0.2) is 4.98 Å². The first kappa shape index (κ1) is 25.1. The molecule has 3 aromatic carbocycles. The van der Waals surface area contributed by atoms with Gasteiger partial charge in [-0.05, 0) is 64.0 Å². The third-order valence-electron chi connectivity index (χ3n) is 7.22. The van der Waals surface area contributed by atoms with Crippen molar-refractivity contribution in [1.82, 2.24) is 19.5 Å². The maximum atomic E-state index is 6.50. The SMILES string of the molecule is Clc1ccccc1-c1cc(NCC2CCCN(Cc3ccc(-c4ccccc4)cc3)C2)n2ncc(Br)c2n1. The molecule has 7 heteroatoms. The number of benzene rings is 3. The third kappa shape index (κ3) is 5.48. The summed E-state index contributed by atoms with van der Waals surface area (Å²) < 4.78 is 2.72. The summed E-state index contributed by atoms with van der Waals surface area (Å²) in [6.07, 6.45) is 4.21. The number of likely N-dealkylation sites (tertiary alicyclic amines) is 1. The van der Waals surface area contributed by atoms with Crippen LogP contribution in [-0.4, -0.2) is 39.1 Å². The van der Waals surface area contributed by atoms with E-state index in [0.717, 1.165) is 53.4 Å². The average molecular weight is 587 g/mol. The molecule has 0 spiro atoms. The second kappa shape index (κ2) is 11.3. The Morgan fingerprint density at radius 3 is 2.53 bits per heavy atom. The molecule has 1 atom stereocenters. The van der Waals surface area contributed by atoms with Crippen molar-refractivity contribution in [3.63, 3.8) is 0 Å². The Morgan fingerprint density at radius 1 is 0.947 bits per heavy atom. The smallest absolute Gasteiger partial charge is 0.172 e. The van der Waals surface area contributed by atoms with Crippen LogP contribution in [0.4, 0.5) is 5.82 Å². The lowest BCUT2D eigenvalue weighted by atomic mass is 9.97. The van der Waals surface area contributed by atoms with Crippen LogP contribution in [-0.2, 0) is 6.54 Å². The predicted octanol–water partition coefficient (Wildman–Crippen LogP) is 7.80. The Labute approximate surface area is 236 Å². The van der Waals surface area contributed by atoms with E-state index in [1.54, 1.807) is 6.20 Å². The molecule has 0 radical (unpaired) electrons. The van der Waals surface area contributed by atoms with E-state index in [2.05, 4.69) is 85.8 Å². The zero-order valence-electron chi connectivity index (χ0n) is 21.0. The highest BCUT2D eigenvalue weighted by Crippen LogP contribution is 2.31. The molecule has 1 fully saturated rings. The minimum absolute atomic E-state index is 0.554. The van der Waals surface area contributed by atoms with Gasteiger partial charge in [0.2, 0.25) is 0 Å². The first-order chi connectivity index (χ1) is 18.6. The number of fused-ring (bicyclic) bond motifs is 1. The van der Waals surface area contributed by atoms with Crippen molar-refractivity contribution in [3.05, 3.63) is 106 Å². The summed E-state index contributed by atoms with van der Waals surface area (Å²) in [5.41, 5.74) is 6.40. The lowest BCUT2D eigenvalue weighted by Gasteiger charge is -2.33. The van der Waals surface area contributed by atoms with Crippen molar-refractivity contribution < 1.29 is 0 Å². The lowest BCUT2D eigenvalue weighted by molar-refractivity contribution is 0.173. The van der Waals surface area contributed by atoms with Crippen LogP contribution in [0.1, 0.15) is 18.4 Å². The Balaban J connectivity index is 1.14. The van der Waals surface area contributed by atoms with E-state index in [4.69, 9.17) is 16.6 Å². The van der Waals surface area contributed by atoms with Crippen molar-refractivity contribution >= 4 is 39.0 Å². The summed E-state index contributed by atoms with van der Waals surface area (Å²) in [5.74, 6) is 1.47. The van der Waals surface area contributed by atoms with E-state index in [9.17, 15) is 0 Å². The number of aromatic nitrogens is 3. The number of rotatable bonds is 7. The Bertz CT molecular complexity index is 1530. The number of nitrogens with zero attached hydrogens (tertiary/aromatic N) is 4. The molecule has 0 amide bonds. The first-order valence-corrected chi connectivity index (χ1v) is 14.2. The molecular weight excluding hydrogens is 558 g/mol. The molecule has 1 aliphatic rings. The molecular formula is C31H29BrClN5. The van der Waals surface area contributed by atoms with Crippen LogP contribution >= 0.6 is 27.5 Å². The van der Waals surface area contributed by atoms with Crippen molar-refractivity contribution in [2.45, 2.75) is 19.4 Å². The maximum Gasteiger partial charge on any atom is 0.172 e. The number of hydrogen-bond donors (Lipinski definition) is 1. The Kier molecular flexibility index (Phi) is 7.45. The number of halogens is 2. The van der Waals surface area contributed by atoms with Gasteiger partial charge in [-0.2, -0.15) is 9.61 Å². The van der Waals surface area contributed by atoms with Crippen molar-refractivity contribution in [2.75, 3.05) is 25.0 Å². The van der Waals surface area contributed by atoms with E-state index >= 15 is 0 Å². The molecule has 192 valence electrons. The van der Waals surface area contributed by atoms with Gasteiger partial charge in [0.25, 0.3) is 0 Å². The van der Waals surface area contributed by atoms with E-state index in [0.29, 0.717) is 10.9 Å². The molecule has 2 aromatic heterocycles. The molecule has 6 rings (SSSR count). The van der Waals surface area contributed by atoms with E-state index < -0.39 is 0 Å². The maximum absolute atomic E-state index is 6.50. The van der Waals surface area contributed by atoms with Gasteiger partial charge in [0, 0.05) is 36.3 Å². The van der Waals surface area contributed by atoms with Crippen molar-refractivity contribution in [2.24, 2.45) is 5.92 Å². The Hall–Kier alpha value is -3.19. The minimum Gasteiger partial charge on any atom is -0.370 e. The van der Waals surface area contributed by atoms with Crippen LogP contribution in [0, 0.1) is 5.92 Å². The van der Waals surface area contributed by atoms with Crippen molar-refractivity contribution in [1.29, 1.82) is 0 Å². The summed E-state index contributed by atoms with van der Waals surface area (Å²) in [4.78, 5) is 7.41. The molecule has 1 saturated heterocycles. The second-order valence-corrected chi connectivity index (χ2v) is 11.2. The monoisotopic (exact) mass is 585 g/mol. The summed E-state index contributed by atoms with van der Waals surface area (Å²) in [7, 11) is 0. The van der Waals surface area contributed by atoms with Crippen LogP contribution in [0.15, 0.2) is 95.6 Å². The van der Waals surface area contributed by atoms with Gasteiger partial charge in [0.05, 0.1) is 16.4 Å². The van der Waals surface area contributed by atoms with Gasteiger partial charge >= 0.3 is 0 Å². The molecule has 1 N–H and O–H groups in total. The lowest BCUT2D eigenvalue weighted by Crippen LogP contribution is -2.37. The molecule has 1 aliphatic heterocycles. The fourth-order valence-corrected chi connectivity index (χ4v) is 5.85. The van der Waals surface area contributed by atoms with E-state index in [1.165, 1.54) is 29.5 Å². The van der Waals surface area contributed by atoms with Crippen LogP contribution in [0.2, 0.25) is 5.02 Å². The van der Waals surface area contributed by atoms with E-state index in [1.807, 2.05) is 34.8 Å². The topological polar surface area (TPSA) is 45.5 Å². The zero-order valence-corrected chi connectivity index (χ0v) is 23.4. The molecule has 1 unspecified atom stereocenters. The second-order valence-electron chi connectivity index (χ2n) is 9.92. The van der Waals surface area contributed by atoms with Crippen molar-refractivity contribution in [3.8, 4) is 22.4 Å². The zero-order chi connectivity index (χ0) is 25.9.